The number of hydrazone groups is 1. The highest BCUT2D eigenvalue weighted by atomic mass is 127. The van der Waals surface area contributed by atoms with Gasteiger partial charge in [0.15, 0.2) is 0 Å². The van der Waals surface area contributed by atoms with Crippen LogP contribution in [0.1, 0.15) is 0 Å². The quantitative estimate of drug-likeness (QED) is 0.585. The molecule has 0 spiro atoms. The Morgan fingerprint density at radius 3 is 2.67 bits per heavy atom. The Kier molecular flexibility index (Phi) is 2.46. The Hall–Kier alpha value is 0.410. The summed E-state index contributed by atoms with van der Waals surface area (Å²) in [6.07, 6.45) is 6.39. The fourth-order valence-electron chi connectivity index (χ4n) is 1.50. The van der Waals surface area contributed by atoms with Gasteiger partial charge in [0.05, 0.1) is 12.0 Å². The molecule has 64 valence electrons. The molecule has 0 N–H and O–H groups in total. The first-order valence-corrected chi connectivity index (χ1v) is 5.85. The average molecular weight is 386 g/mol. The van der Waals surface area contributed by atoms with Gasteiger partial charge < -0.3 is 0 Å². The first-order chi connectivity index (χ1) is 5.70. The number of halogens is 2. The summed E-state index contributed by atoms with van der Waals surface area (Å²) in [5.74, 6) is 0.493. The van der Waals surface area contributed by atoms with Gasteiger partial charge in [0.1, 0.15) is 0 Å². The third kappa shape index (κ3) is 1.32. The van der Waals surface area contributed by atoms with Crippen molar-refractivity contribution in [3.63, 3.8) is 0 Å². The van der Waals surface area contributed by atoms with E-state index in [1.54, 1.807) is 0 Å². The second-order valence-electron chi connectivity index (χ2n) is 2.91. The normalized spacial score (nSPS) is 33.1. The Morgan fingerprint density at radius 2 is 2.00 bits per heavy atom. The first-order valence-electron chi connectivity index (χ1n) is 3.70. The average Bonchev–Trinajstić information content (AvgIpc) is 2.42. The third-order valence-electron chi connectivity index (χ3n) is 2.15. The van der Waals surface area contributed by atoms with Gasteiger partial charge in [0, 0.05) is 20.4 Å². The molecule has 0 saturated heterocycles. The highest BCUT2D eigenvalue weighted by molar-refractivity contribution is 14.1. The summed E-state index contributed by atoms with van der Waals surface area (Å²) in [5, 5.41) is 6.33. The van der Waals surface area contributed by atoms with E-state index in [9.17, 15) is 0 Å². The first kappa shape index (κ1) is 8.98. The molecule has 1 aliphatic heterocycles. The van der Waals surface area contributed by atoms with Gasteiger partial charge in [-0.3, -0.25) is 5.01 Å². The Morgan fingerprint density at radius 1 is 1.33 bits per heavy atom. The lowest BCUT2D eigenvalue weighted by Gasteiger charge is -2.26. The molecular formula is C8H8I2N2. The molecule has 0 aromatic carbocycles. The van der Waals surface area contributed by atoms with Gasteiger partial charge in [0.2, 0.25) is 0 Å². The SMILES string of the molecule is CN1N=CC2C(I)=CC=C(I)C21. The van der Waals surface area contributed by atoms with E-state index in [0.29, 0.717) is 12.0 Å². The largest absolute Gasteiger partial charge is 0.291 e. The monoisotopic (exact) mass is 386 g/mol. The van der Waals surface area contributed by atoms with Gasteiger partial charge in [0.25, 0.3) is 0 Å². The van der Waals surface area contributed by atoms with E-state index in [1.807, 2.05) is 18.3 Å². The highest BCUT2D eigenvalue weighted by Crippen LogP contribution is 2.37. The van der Waals surface area contributed by atoms with Crippen molar-refractivity contribution < 1.29 is 0 Å². The van der Waals surface area contributed by atoms with E-state index in [0.717, 1.165) is 0 Å². The van der Waals surface area contributed by atoms with Crippen molar-refractivity contribution in [2.45, 2.75) is 6.04 Å². The van der Waals surface area contributed by atoms with Crippen LogP contribution in [0.25, 0.3) is 0 Å². The number of rotatable bonds is 0. The van der Waals surface area contributed by atoms with E-state index in [1.165, 1.54) is 7.16 Å². The summed E-state index contributed by atoms with van der Waals surface area (Å²) in [6.45, 7) is 0. The number of fused-ring (bicyclic) bond motifs is 1. The zero-order chi connectivity index (χ0) is 8.72. The van der Waals surface area contributed by atoms with E-state index < -0.39 is 0 Å². The maximum atomic E-state index is 4.30. The Labute approximate surface area is 99.1 Å². The fraction of sp³-hybridized carbons (Fsp3) is 0.375. The Bertz CT molecular complexity index is 293. The van der Waals surface area contributed by atoms with Crippen LogP contribution in [-0.4, -0.2) is 24.3 Å². The number of nitrogens with zero attached hydrogens (tertiary/aromatic N) is 2. The molecule has 1 aliphatic carbocycles. The van der Waals surface area contributed by atoms with Gasteiger partial charge in [-0.1, -0.05) is 6.08 Å². The van der Waals surface area contributed by atoms with E-state index in [-0.39, 0.29) is 0 Å². The molecule has 1 heterocycles. The lowest BCUT2D eigenvalue weighted by atomic mass is 9.97. The van der Waals surface area contributed by atoms with Crippen LogP contribution in [0.2, 0.25) is 0 Å². The van der Waals surface area contributed by atoms with Gasteiger partial charge >= 0.3 is 0 Å². The molecule has 2 aliphatic rings. The third-order valence-corrected chi connectivity index (χ3v) is 4.23. The van der Waals surface area contributed by atoms with Crippen molar-refractivity contribution in [2.75, 3.05) is 7.05 Å². The highest BCUT2D eigenvalue weighted by Gasteiger charge is 2.34. The molecule has 0 radical (unpaired) electrons. The molecule has 2 atom stereocenters. The maximum absolute atomic E-state index is 4.30. The van der Waals surface area contributed by atoms with Crippen molar-refractivity contribution in [1.29, 1.82) is 0 Å². The summed E-state index contributed by atoms with van der Waals surface area (Å²) in [6, 6.07) is 0.461. The molecule has 0 bridgehead atoms. The summed E-state index contributed by atoms with van der Waals surface area (Å²) < 4.78 is 2.75. The minimum absolute atomic E-state index is 0.461. The number of hydrogen-bond acceptors (Lipinski definition) is 2. The smallest absolute Gasteiger partial charge is 0.0896 e. The van der Waals surface area contributed by atoms with Gasteiger partial charge in [-0.2, -0.15) is 5.10 Å². The summed E-state index contributed by atoms with van der Waals surface area (Å²) in [4.78, 5) is 0. The molecule has 0 fully saturated rings. The zero-order valence-corrected chi connectivity index (χ0v) is 10.9. The van der Waals surface area contributed by atoms with Crippen molar-refractivity contribution in [3.05, 3.63) is 19.3 Å². The maximum Gasteiger partial charge on any atom is 0.0896 e. The lowest BCUT2D eigenvalue weighted by molar-refractivity contribution is 0.305. The number of hydrogen-bond donors (Lipinski definition) is 0. The minimum Gasteiger partial charge on any atom is -0.291 e. The number of allylic oxidation sites excluding steroid dienone is 2. The molecule has 0 saturated carbocycles. The van der Waals surface area contributed by atoms with Crippen LogP contribution in [-0.2, 0) is 0 Å². The molecule has 0 aromatic heterocycles. The molecule has 2 unspecified atom stereocenters. The molecule has 2 nitrogen and oxygen atoms in total. The summed E-state index contributed by atoms with van der Waals surface area (Å²) >= 11 is 4.78. The topological polar surface area (TPSA) is 15.6 Å². The minimum atomic E-state index is 0.461. The standard InChI is InChI=1S/C8H8I2N2/c1-12-8-5(4-11-12)6(9)2-3-7(8)10/h2-5,8H,1H3. The van der Waals surface area contributed by atoms with Crippen molar-refractivity contribution >= 4 is 51.4 Å². The summed E-state index contributed by atoms with van der Waals surface area (Å²) in [7, 11) is 2.03. The molecule has 0 aromatic rings. The van der Waals surface area contributed by atoms with E-state index >= 15 is 0 Å². The second-order valence-corrected chi connectivity index (χ2v) is 5.40. The molecule has 12 heavy (non-hydrogen) atoms. The van der Waals surface area contributed by atoms with Crippen LogP contribution in [0.15, 0.2) is 24.4 Å². The molecule has 4 heteroatoms. The van der Waals surface area contributed by atoms with E-state index in [2.05, 4.69) is 62.4 Å². The fourth-order valence-corrected chi connectivity index (χ4v) is 3.16. The van der Waals surface area contributed by atoms with Crippen molar-refractivity contribution in [3.8, 4) is 0 Å². The van der Waals surface area contributed by atoms with Gasteiger partial charge in [-0.25, -0.2) is 0 Å². The Balaban J connectivity index is 2.37. The van der Waals surface area contributed by atoms with Gasteiger partial charge in [-0.15, -0.1) is 0 Å². The molecule has 2 rings (SSSR count). The van der Waals surface area contributed by atoms with Crippen LogP contribution in [0, 0.1) is 5.92 Å². The zero-order valence-electron chi connectivity index (χ0n) is 6.54. The van der Waals surface area contributed by atoms with Gasteiger partial charge in [-0.05, 0) is 51.3 Å². The van der Waals surface area contributed by atoms with Crippen LogP contribution >= 0.6 is 45.2 Å². The summed E-state index contributed by atoms with van der Waals surface area (Å²) in [5.41, 5.74) is 0. The van der Waals surface area contributed by atoms with Crippen molar-refractivity contribution in [2.24, 2.45) is 11.0 Å². The van der Waals surface area contributed by atoms with Crippen molar-refractivity contribution in [1.82, 2.24) is 5.01 Å². The van der Waals surface area contributed by atoms with Crippen LogP contribution in [0.3, 0.4) is 0 Å². The molecule has 0 amide bonds. The lowest BCUT2D eigenvalue weighted by Crippen LogP contribution is -2.31. The van der Waals surface area contributed by atoms with Crippen LogP contribution in [0.5, 0.6) is 0 Å². The van der Waals surface area contributed by atoms with Crippen LogP contribution < -0.4 is 0 Å². The molecular weight excluding hydrogens is 378 g/mol. The second kappa shape index (κ2) is 3.28. The predicted octanol–water partition coefficient (Wildman–Crippen LogP) is 2.55. The predicted molar refractivity (Wildman–Crippen MR) is 67.7 cm³/mol. The van der Waals surface area contributed by atoms with Crippen LogP contribution in [0.4, 0.5) is 0 Å². The van der Waals surface area contributed by atoms with E-state index in [4.69, 9.17) is 0 Å². The number of likely N-dealkylation sites (N-methyl/N-ethyl adjacent to an activating group) is 1.